The molecule has 0 spiro atoms. The maximum atomic E-state index is 12.7. The molecule has 1 heterocycles. The Bertz CT molecular complexity index is 399. The van der Waals surface area contributed by atoms with E-state index in [1.165, 1.54) is 12.8 Å². The van der Waals surface area contributed by atoms with E-state index in [4.69, 9.17) is 4.74 Å². The maximum absolute atomic E-state index is 12.7. The predicted octanol–water partition coefficient (Wildman–Crippen LogP) is 4.14. The van der Waals surface area contributed by atoms with Crippen LogP contribution in [0.2, 0.25) is 0 Å². The summed E-state index contributed by atoms with van der Waals surface area (Å²) in [7, 11) is 0. The molecule has 1 saturated heterocycles. The van der Waals surface area contributed by atoms with E-state index in [1.54, 1.807) is 0 Å². The average Bonchev–Trinajstić information content (AvgIpc) is 2.93. The molecule has 2 fully saturated rings. The Morgan fingerprint density at radius 2 is 2.10 bits per heavy atom. The van der Waals surface area contributed by atoms with E-state index < -0.39 is 0 Å². The van der Waals surface area contributed by atoms with Crippen molar-refractivity contribution in [2.75, 3.05) is 0 Å². The van der Waals surface area contributed by atoms with Crippen LogP contribution < -0.4 is 0 Å². The standard InChI is InChI=1S/C18H30O3/c1-5-6-9-18(3,4)11-15(19)12(2)13-7-8-16-14(13)10-17(20)21-16/h12-14,16H,5-11H2,1-4H3. The largest absolute Gasteiger partial charge is 0.462 e. The number of fused-ring (bicyclic) bond motifs is 1. The van der Waals surface area contributed by atoms with Gasteiger partial charge in [0.05, 0.1) is 6.42 Å². The van der Waals surface area contributed by atoms with Gasteiger partial charge in [-0.25, -0.2) is 0 Å². The first-order chi connectivity index (χ1) is 9.84. The van der Waals surface area contributed by atoms with Crippen LogP contribution in [0.4, 0.5) is 0 Å². The van der Waals surface area contributed by atoms with Gasteiger partial charge in [-0.15, -0.1) is 0 Å². The van der Waals surface area contributed by atoms with Gasteiger partial charge in [0.2, 0.25) is 0 Å². The fraction of sp³-hybridized carbons (Fsp3) is 0.889. The van der Waals surface area contributed by atoms with Crippen molar-refractivity contribution in [2.24, 2.45) is 23.2 Å². The summed E-state index contributed by atoms with van der Waals surface area (Å²) in [4.78, 5) is 24.1. The number of hydrogen-bond donors (Lipinski definition) is 0. The Hall–Kier alpha value is -0.860. The van der Waals surface area contributed by atoms with E-state index in [-0.39, 0.29) is 29.3 Å². The number of hydrogen-bond acceptors (Lipinski definition) is 3. The van der Waals surface area contributed by atoms with Gasteiger partial charge in [0.25, 0.3) is 0 Å². The van der Waals surface area contributed by atoms with E-state index in [1.807, 2.05) is 0 Å². The third-order valence-corrected chi connectivity index (χ3v) is 5.51. The predicted molar refractivity (Wildman–Crippen MR) is 82.8 cm³/mol. The van der Waals surface area contributed by atoms with Crippen LogP contribution in [-0.2, 0) is 14.3 Å². The number of unbranched alkanes of at least 4 members (excludes halogenated alkanes) is 1. The molecule has 2 aliphatic rings. The topological polar surface area (TPSA) is 43.4 Å². The van der Waals surface area contributed by atoms with Gasteiger partial charge in [0.15, 0.2) is 0 Å². The third-order valence-electron chi connectivity index (χ3n) is 5.51. The number of carbonyl (C=O) groups is 2. The Balaban J connectivity index is 1.92. The second-order valence-electron chi connectivity index (χ2n) is 7.84. The second kappa shape index (κ2) is 6.50. The maximum Gasteiger partial charge on any atom is 0.306 e. The number of ether oxygens (including phenoxy) is 1. The second-order valence-corrected chi connectivity index (χ2v) is 7.84. The van der Waals surface area contributed by atoms with Crippen molar-refractivity contribution in [1.82, 2.24) is 0 Å². The SMILES string of the molecule is CCCCC(C)(C)CC(=O)C(C)C1CCC2OC(=O)CC21. The van der Waals surface area contributed by atoms with Crippen LogP contribution in [-0.4, -0.2) is 17.9 Å². The summed E-state index contributed by atoms with van der Waals surface area (Å²) < 4.78 is 5.35. The zero-order valence-corrected chi connectivity index (χ0v) is 14.0. The van der Waals surface area contributed by atoms with Crippen molar-refractivity contribution in [2.45, 2.75) is 78.7 Å². The van der Waals surface area contributed by atoms with Crippen LogP contribution in [0.1, 0.15) is 72.6 Å². The summed E-state index contributed by atoms with van der Waals surface area (Å²) in [6.07, 6.45) is 6.72. The minimum Gasteiger partial charge on any atom is -0.462 e. The number of carbonyl (C=O) groups excluding carboxylic acids is 2. The molecular weight excluding hydrogens is 264 g/mol. The molecule has 3 heteroatoms. The molecule has 3 nitrogen and oxygen atoms in total. The molecule has 0 aromatic heterocycles. The highest BCUT2D eigenvalue weighted by Gasteiger charge is 2.47. The van der Waals surface area contributed by atoms with Gasteiger partial charge in [-0.3, -0.25) is 9.59 Å². The van der Waals surface area contributed by atoms with Gasteiger partial charge in [-0.2, -0.15) is 0 Å². The molecule has 4 unspecified atom stereocenters. The first-order valence-corrected chi connectivity index (χ1v) is 8.56. The van der Waals surface area contributed by atoms with Crippen LogP contribution in [0.5, 0.6) is 0 Å². The van der Waals surface area contributed by atoms with E-state index in [2.05, 4.69) is 27.7 Å². The summed E-state index contributed by atoms with van der Waals surface area (Å²) in [6, 6.07) is 0. The lowest BCUT2D eigenvalue weighted by Gasteiger charge is -2.28. The Labute approximate surface area is 128 Å². The molecule has 0 bridgehead atoms. The van der Waals surface area contributed by atoms with Crippen molar-refractivity contribution >= 4 is 11.8 Å². The number of Topliss-reactive ketones (excluding diaryl/α,β-unsaturated/α-hetero) is 1. The van der Waals surface area contributed by atoms with Crippen LogP contribution in [0.3, 0.4) is 0 Å². The normalized spacial score (nSPS) is 30.1. The van der Waals surface area contributed by atoms with Crippen molar-refractivity contribution in [1.29, 1.82) is 0 Å². The Morgan fingerprint density at radius 3 is 2.76 bits per heavy atom. The minimum atomic E-state index is -0.0716. The summed E-state index contributed by atoms with van der Waals surface area (Å²) in [5, 5.41) is 0. The van der Waals surface area contributed by atoms with E-state index in [9.17, 15) is 9.59 Å². The molecule has 0 amide bonds. The fourth-order valence-electron chi connectivity index (χ4n) is 4.14. The summed E-state index contributed by atoms with van der Waals surface area (Å²) in [5.74, 6) is 1.00. The van der Waals surface area contributed by atoms with Crippen molar-refractivity contribution < 1.29 is 14.3 Å². The molecule has 0 aromatic rings. The summed E-state index contributed by atoms with van der Waals surface area (Å²) >= 11 is 0. The van der Waals surface area contributed by atoms with Gasteiger partial charge in [-0.05, 0) is 30.6 Å². The molecule has 1 aliphatic heterocycles. The van der Waals surface area contributed by atoms with Crippen LogP contribution in [0.15, 0.2) is 0 Å². The van der Waals surface area contributed by atoms with E-state index in [0.717, 1.165) is 19.3 Å². The van der Waals surface area contributed by atoms with Gasteiger partial charge in [0.1, 0.15) is 11.9 Å². The molecule has 4 atom stereocenters. The van der Waals surface area contributed by atoms with Gasteiger partial charge in [0, 0.05) is 18.3 Å². The van der Waals surface area contributed by atoms with Crippen molar-refractivity contribution in [3.8, 4) is 0 Å². The molecule has 1 saturated carbocycles. The molecule has 0 aromatic carbocycles. The molecular formula is C18H30O3. The van der Waals surface area contributed by atoms with E-state index >= 15 is 0 Å². The zero-order chi connectivity index (χ0) is 15.6. The van der Waals surface area contributed by atoms with Gasteiger partial charge < -0.3 is 4.74 Å². The summed E-state index contributed by atoms with van der Waals surface area (Å²) in [6.45, 7) is 8.66. The summed E-state index contributed by atoms with van der Waals surface area (Å²) in [5.41, 5.74) is 0.0986. The zero-order valence-electron chi connectivity index (χ0n) is 14.0. The van der Waals surface area contributed by atoms with Crippen molar-refractivity contribution in [3.05, 3.63) is 0 Å². The molecule has 2 rings (SSSR count). The number of rotatable bonds is 7. The highest BCUT2D eigenvalue weighted by molar-refractivity contribution is 5.82. The smallest absolute Gasteiger partial charge is 0.306 e. The lowest BCUT2D eigenvalue weighted by molar-refractivity contribution is -0.141. The highest BCUT2D eigenvalue weighted by Crippen LogP contribution is 2.45. The number of esters is 1. The lowest BCUT2D eigenvalue weighted by Crippen LogP contribution is -2.29. The van der Waals surface area contributed by atoms with Crippen LogP contribution in [0.25, 0.3) is 0 Å². The molecule has 1 aliphatic carbocycles. The monoisotopic (exact) mass is 294 g/mol. The molecule has 120 valence electrons. The first kappa shape index (κ1) is 16.5. The van der Waals surface area contributed by atoms with E-state index in [0.29, 0.717) is 24.5 Å². The van der Waals surface area contributed by atoms with Gasteiger partial charge in [-0.1, -0.05) is 40.5 Å². The molecule has 0 N–H and O–H groups in total. The highest BCUT2D eigenvalue weighted by atomic mass is 16.5. The average molecular weight is 294 g/mol. The van der Waals surface area contributed by atoms with Gasteiger partial charge >= 0.3 is 5.97 Å². The number of ketones is 1. The van der Waals surface area contributed by atoms with Crippen LogP contribution in [0, 0.1) is 23.2 Å². The molecule has 21 heavy (non-hydrogen) atoms. The molecule has 0 radical (unpaired) electrons. The third kappa shape index (κ3) is 3.87. The quantitative estimate of drug-likeness (QED) is 0.663. The van der Waals surface area contributed by atoms with Crippen LogP contribution >= 0.6 is 0 Å². The first-order valence-electron chi connectivity index (χ1n) is 8.56. The lowest BCUT2D eigenvalue weighted by atomic mass is 9.75. The Kier molecular flexibility index (Phi) is 5.11. The minimum absolute atomic E-state index is 0.0652. The Morgan fingerprint density at radius 1 is 1.38 bits per heavy atom. The fourth-order valence-corrected chi connectivity index (χ4v) is 4.14. The van der Waals surface area contributed by atoms with Crippen molar-refractivity contribution in [3.63, 3.8) is 0 Å².